The van der Waals surface area contributed by atoms with Gasteiger partial charge in [0.1, 0.15) is 0 Å². The molecule has 5 rings (SSSR count). The molecule has 0 radical (unpaired) electrons. The van der Waals surface area contributed by atoms with Crippen molar-refractivity contribution in [3.63, 3.8) is 0 Å². The van der Waals surface area contributed by atoms with Crippen molar-refractivity contribution in [1.29, 1.82) is 0 Å². The van der Waals surface area contributed by atoms with E-state index in [0.717, 1.165) is 16.7 Å². The van der Waals surface area contributed by atoms with Crippen LogP contribution >= 0.6 is 16.5 Å². The number of rotatable bonds is 4. The summed E-state index contributed by atoms with van der Waals surface area (Å²) < 4.78 is 47.4. The molecule has 0 saturated carbocycles. The highest BCUT2D eigenvalue weighted by molar-refractivity contribution is 7.33. The standard InChI is InChI=1S/C24H24O6P2/c25-31-27-16-23(17-28-31)18-29-32(26)30-22(23)24(19-10-4-1-5-11-19,20-12-6-2-7-13-20)21-14-8-3-9-15-21/h1-15,22,31-32H,16-18H2. The minimum atomic E-state index is -2.76. The van der Waals surface area contributed by atoms with Gasteiger partial charge in [-0.15, -0.1) is 0 Å². The molecule has 2 aliphatic heterocycles. The second-order valence-corrected chi connectivity index (χ2v) is 10.2. The molecule has 32 heavy (non-hydrogen) atoms. The summed E-state index contributed by atoms with van der Waals surface area (Å²) in [7, 11) is -5.33. The van der Waals surface area contributed by atoms with Gasteiger partial charge in [0, 0.05) is 0 Å². The van der Waals surface area contributed by atoms with E-state index in [4.69, 9.17) is 18.1 Å². The molecule has 2 fully saturated rings. The quantitative estimate of drug-likeness (QED) is 0.383. The van der Waals surface area contributed by atoms with Crippen molar-refractivity contribution in [2.45, 2.75) is 11.5 Å². The molecule has 2 unspecified atom stereocenters. The Morgan fingerprint density at radius 3 is 1.41 bits per heavy atom. The predicted molar refractivity (Wildman–Crippen MR) is 122 cm³/mol. The molecular weight excluding hydrogens is 446 g/mol. The van der Waals surface area contributed by atoms with E-state index in [1.54, 1.807) is 0 Å². The molecule has 8 heteroatoms. The van der Waals surface area contributed by atoms with Crippen LogP contribution < -0.4 is 0 Å². The minimum Gasteiger partial charge on any atom is -0.310 e. The lowest BCUT2D eigenvalue weighted by atomic mass is 9.59. The van der Waals surface area contributed by atoms with Gasteiger partial charge in [0.05, 0.1) is 36.8 Å². The lowest BCUT2D eigenvalue weighted by Crippen LogP contribution is -2.60. The van der Waals surface area contributed by atoms with Gasteiger partial charge < -0.3 is 18.1 Å². The van der Waals surface area contributed by atoms with Crippen LogP contribution in [0.5, 0.6) is 0 Å². The average Bonchev–Trinajstić information content (AvgIpc) is 2.86. The van der Waals surface area contributed by atoms with Gasteiger partial charge in [-0.25, -0.2) is 0 Å². The van der Waals surface area contributed by atoms with Crippen LogP contribution in [0.1, 0.15) is 16.7 Å². The van der Waals surface area contributed by atoms with E-state index in [1.165, 1.54) is 0 Å². The van der Waals surface area contributed by atoms with Gasteiger partial charge in [-0.05, 0) is 16.7 Å². The summed E-state index contributed by atoms with van der Waals surface area (Å²) in [5.41, 5.74) is 1.30. The summed E-state index contributed by atoms with van der Waals surface area (Å²) in [6.07, 6.45) is -0.655. The number of benzene rings is 3. The normalized spacial score (nSPS) is 28.4. The molecule has 3 aromatic carbocycles. The van der Waals surface area contributed by atoms with E-state index < -0.39 is 33.4 Å². The highest BCUT2D eigenvalue weighted by Gasteiger charge is 2.59. The Morgan fingerprint density at radius 2 is 1.00 bits per heavy atom. The summed E-state index contributed by atoms with van der Waals surface area (Å²) >= 11 is 0. The van der Waals surface area contributed by atoms with E-state index in [0.29, 0.717) is 0 Å². The maximum atomic E-state index is 12.7. The molecule has 0 bridgehead atoms. The number of hydrogen-bond acceptors (Lipinski definition) is 6. The molecule has 2 aliphatic rings. The van der Waals surface area contributed by atoms with Crippen molar-refractivity contribution in [3.05, 3.63) is 108 Å². The molecule has 3 aromatic rings. The topological polar surface area (TPSA) is 71.1 Å². The number of hydrogen-bond donors (Lipinski definition) is 0. The lowest BCUT2D eigenvalue weighted by Gasteiger charge is -2.53. The highest BCUT2D eigenvalue weighted by atomic mass is 31.1. The molecule has 0 N–H and O–H groups in total. The largest absolute Gasteiger partial charge is 0.319 e. The Kier molecular flexibility index (Phi) is 6.18. The third-order valence-electron chi connectivity index (χ3n) is 6.28. The van der Waals surface area contributed by atoms with E-state index in [2.05, 4.69) is 36.4 Å². The SMILES string of the molecule is O=[PH]1OCC2(CO1)CO[PH](=O)OC2C(c1ccccc1)(c1ccccc1)c1ccccc1. The zero-order valence-corrected chi connectivity index (χ0v) is 19.3. The molecule has 2 heterocycles. The van der Waals surface area contributed by atoms with Crippen molar-refractivity contribution >= 4 is 16.5 Å². The van der Waals surface area contributed by atoms with Gasteiger partial charge in [0.25, 0.3) is 0 Å². The molecule has 0 amide bonds. The molecule has 6 nitrogen and oxygen atoms in total. The first-order chi connectivity index (χ1) is 15.6. The molecular formula is C24H24O6P2. The summed E-state index contributed by atoms with van der Waals surface area (Å²) in [5, 5.41) is 0. The monoisotopic (exact) mass is 470 g/mol. The lowest BCUT2D eigenvalue weighted by molar-refractivity contribution is -0.120. The van der Waals surface area contributed by atoms with Crippen LogP contribution in [0.15, 0.2) is 91.0 Å². The zero-order chi connectivity index (χ0) is 22.0. The highest BCUT2D eigenvalue weighted by Crippen LogP contribution is 2.57. The van der Waals surface area contributed by atoms with Gasteiger partial charge in [-0.2, -0.15) is 0 Å². The van der Waals surface area contributed by atoms with E-state index in [-0.39, 0.29) is 19.8 Å². The Bertz CT molecular complexity index is 992. The molecule has 1 spiro atoms. The molecule has 2 atom stereocenters. The van der Waals surface area contributed by atoms with Crippen LogP contribution in [-0.2, 0) is 32.6 Å². The first kappa shape index (κ1) is 21.8. The van der Waals surface area contributed by atoms with Gasteiger partial charge in [0.2, 0.25) is 0 Å². The fourth-order valence-electron chi connectivity index (χ4n) is 4.86. The van der Waals surface area contributed by atoms with E-state index in [9.17, 15) is 9.13 Å². The Morgan fingerprint density at radius 1 is 0.625 bits per heavy atom. The van der Waals surface area contributed by atoms with Crippen molar-refractivity contribution in [2.75, 3.05) is 19.8 Å². The van der Waals surface area contributed by atoms with Crippen molar-refractivity contribution in [1.82, 2.24) is 0 Å². The van der Waals surface area contributed by atoms with Crippen LogP contribution in [0.25, 0.3) is 0 Å². The fraction of sp³-hybridized carbons (Fsp3) is 0.250. The smallest absolute Gasteiger partial charge is 0.310 e. The fourth-order valence-corrected chi connectivity index (χ4v) is 6.85. The minimum absolute atomic E-state index is 0.124. The second-order valence-electron chi connectivity index (χ2n) is 8.13. The van der Waals surface area contributed by atoms with Gasteiger partial charge >= 0.3 is 16.5 Å². The maximum Gasteiger partial charge on any atom is 0.319 e. The third-order valence-corrected chi connectivity index (χ3v) is 7.85. The zero-order valence-electron chi connectivity index (χ0n) is 17.3. The predicted octanol–water partition coefficient (Wildman–Crippen LogP) is 5.25. The van der Waals surface area contributed by atoms with E-state index >= 15 is 0 Å². The molecule has 2 saturated heterocycles. The summed E-state index contributed by atoms with van der Waals surface area (Å²) in [5.74, 6) is 0. The van der Waals surface area contributed by atoms with Crippen LogP contribution in [0.2, 0.25) is 0 Å². The van der Waals surface area contributed by atoms with Crippen LogP contribution in [0.3, 0.4) is 0 Å². The first-order valence-electron chi connectivity index (χ1n) is 10.4. The van der Waals surface area contributed by atoms with Gasteiger partial charge in [-0.3, -0.25) is 9.13 Å². The van der Waals surface area contributed by atoms with Crippen LogP contribution in [0.4, 0.5) is 0 Å². The van der Waals surface area contributed by atoms with Crippen molar-refractivity contribution in [3.8, 4) is 0 Å². The molecule has 0 aromatic heterocycles. The second kappa shape index (κ2) is 9.07. The summed E-state index contributed by atoms with van der Waals surface area (Å²) in [6, 6.07) is 30.1. The maximum absolute atomic E-state index is 12.7. The van der Waals surface area contributed by atoms with E-state index in [1.807, 2.05) is 54.6 Å². The summed E-state index contributed by atoms with van der Waals surface area (Å²) in [6.45, 7) is 0.372. The first-order valence-corrected chi connectivity index (χ1v) is 12.9. The third kappa shape index (κ3) is 3.72. The van der Waals surface area contributed by atoms with Crippen molar-refractivity contribution in [2.24, 2.45) is 5.41 Å². The average molecular weight is 470 g/mol. The Hall–Kier alpha value is -2.04. The Balaban J connectivity index is 1.82. The molecule has 0 aliphatic carbocycles. The van der Waals surface area contributed by atoms with Gasteiger partial charge in [0.15, 0.2) is 0 Å². The van der Waals surface area contributed by atoms with Crippen molar-refractivity contribution < 1.29 is 27.2 Å². The molecule has 166 valence electrons. The van der Waals surface area contributed by atoms with Crippen LogP contribution in [0, 0.1) is 5.41 Å². The summed E-state index contributed by atoms with van der Waals surface area (Å²) in [4.78, 5) is 0. The van der Waals surface area contributed by atoms with Gasteiger partial charge in [-0.1, -0.05) is 91.0 Å². The Labute approximate surface area is 188 Å². The van der Waals surface area contributed by atoms with Crippen LogP contribution in [-0.4, -0.2) is 25.9 Å².